The quantitative estimate of drug-likeness (QED) is 0.857. The lowest BCUT2D eigenvalue weighted by Crippen LogP contribution is -2.45. The first-order valence-electron chi connectivity index (χ1n) is 7.33. The Labute approximate surface area is 130 Å². The molecule has 0 aliphatic rings. The molecule has 0 aliphatic heterocycles. The van der Waals surface area contributed by atoms with Crippen molar-refractivity contribution in [2.75, 3.05) is 0 Å². The average Bonchev–Trinajstić information content (AvgIpc) is 2.54. The monoisotopic (exact) mass is 296 g/mol. The molecular weight excluding hydrogens is 276 g/mol. The molecule has 2 rings (SSSR count). The maximum absolute atomic E-state index is 12.7. The molecule has 0 heterocycles. The molecule has 3 N–H and O–H groups in total. The standard InChI is InChI=1S/C18H20N2O2/c1-2-15(17(19)21)20-18(22)16(13-9-5-3-6-10-13)14-11-7-4-8-12-14/h3-12,15-16H,2H2,1H3,(H2,19,21)(H,20,22). The maximum Gasteiger partial charge on any atom is 0.239 e. The summed E-state index contributed by atoms with van der Waals surface area (Å²) in [5.41, 5.74) is 7.08. The molecule has 1 unspecified atom stereocenters. The van der Waals surface area contributed by atoms with Crippen LogP contribution in [0.1, 0.15) is 30.4 Å². The third kappa shape index (κ3) is 3.73. The number of hydrogen-bond donors (Lipinski definition) is 2. The fourth-order valence-corrected chi connectivity index (χ4v) is 2.42. The Morgan fingerprint density at radius 3 is 1.77 bits per heavy atom. The van der Waals surface area contributed by atoms with Crippen molar-refractivity contribution in [2.45, 2.75) is 25.3 Å². The van der Waals surface area contributed by atoms with Crippen molar-refractivity contribution in [3.63, 3.8) is 0 Å². The Hall–Kier alpha value is -2.62. The van der Waals surface area contributed by atoms with E-state index >= 15 is 0 Å². The smallest absolute Gasteiger partial charge is 0.239 e. The summed E-state index contributed by atoms with van der Waals surface area (Å²) < 4.78 is 0. The SMILES string of the molecule is CCC(NC(=O)C(c1ccccc1)c1ccccc1)C(N)=O. The molecule has 0 aromatic heterocycles. The van der Waals surface area contributed by atoms with Crippen LogP contribution in [0.5, 0.6) is 0 Å². The van der Waals surface area contributed by atoms with E-state index in [1.165, 1.54) is 0 Å². The Morgan fingerprint density at radius 2 is 1.41 bits per heavy atom. The minimum atomic E-state index is -0.651. The molecule has 22 heavy (non-hydrogen) atoms. The van der Waals surface area contributed by atoms with Crippen molar-refractivity contribution in [1.29, 1.82) is 0 Å². The van der Waals surface area contributed by atoms with Gasteiger partial charge in [0.1, 0.15) is 6.04 Å². The highest BCUT2D eigenvalue weighted by Crippen LogP contribution is 2.24. The molecule has 0 aliphatic carbocycles. The molecule has 2 amide bonds. The van der Waals surface area contributed by atoms with E-state index in [-0.39, 0.29) is 5.91 Å². The highest BCUT2D eigenvalue weighted by Gasteiger charge is 2.25. The predicted octanol–water partition coefficient (Wildman–Crippen LogP) is 2.20. The highest BCUT2D eigenvalue weighted by molar-refractivity contribution is 5.91. The number of nitrogens with one attached hydrogen (secondary N) is 1. The maximum atomic E-state index is 12.7. The van der Waals surface area contributed by atoms with Gasteiger partial charge < -0.3 is 11.1 Å². The number of hydrogen-bond acceptors (Lipinski definition) is 2. The lowest BCUT2D eigenvalue weighted by Gasteiger charge is -2.21. The number of nitrogens with two attached hydrogens (primary N) is 1. The zero-order chi connectivity index (χ0) is 15.9. The number of amides is 2. The molecule has 0 fully saturated rings. The van der Waals surface area contributed by atoms with Crippen molar-refractivity contribution >= 4 is 11.8 Å². The van der Waals surface area contributed by atoms with Crippen LogP contribution in [-0.2, 0) is 9.59 Å². The molecule has 4 nitrogen and oxygen atoms in total. The first-order valence-corrected chi connectivity index (χ1v) is 7.33. The highest BCUT2D eigenvalue weighted by atomic mass is 16.2. The third-order valence-electron chi connectivity index (χ3n) is 3.60. The number of benzene rings is 2. The van der Waals surface area contributed by atoms with Crippen LogP contribution in [0.4, 0.5) is 0 Å². The molecule has 0 saturated carbocycles. The van der Waals surface area contributed by atoms with E-state index in [0.717, 1.165) is 11.1 Å². The second kappa shape index (κ2) is 7.41. The Kier molecular flexibility index (Phi) is 5.31. The van der Waals surface area contributed by atoms with Gasteiger partial charge in [0, 0.05) is 0 Å². The van der Waals surface area contributed by atoms with Crippen LogP contribution in [0.25, 0.3) is 0 Å². The summed E-state index contributed by atoms with van der Waals surface area (Å²) in [6.07, 6.45) is 0.470. The first-order chi connectivity index (χ1) is 10.6. The second-order valence-electron chi connectivity index (χ2n) is 5.13. The largest absolute Gasteiger partial charge is 0.368 e. The summed E-state index contributed by atoms with van der Waals surface area (Å²) in [6, 6.07) is 18.4. The van der Waals surface area contributed by atoms with Crippen LogP contribution in [0.3, 0.4) is 0 Å². The molecule has 1 atom stereocenters. The van der Waals surface area contributed by atoms with Crippen molar-refractivity contribution in [3.05, 3.63) is 71.8 Å². The van der Waals surface area contributed by atoms with Crippen molar-refractivity contribution in [1.82, 2.24) is 5.32 Å². The van der Waals surface area contributed by atoms with Gasteiger partial charge in [-0.05, 0) is 17.5 Å². The molecule has 2 aromatic carbocycles. The molecule has 114 valence electrons. The summed E-state index contributed by atoms with van der Waals surface area (Å²) in [6.45, 7) is 1.82. The van der Waals surface area contributed by atoms with Gasteiger partial charge in [-0.15, -0.1) is 0 Å². The van der Waals surface area contributed by atoms with Crippen LogP contribution in [0, 0.1) is 0 Å². The van der Waals surface area contributed by atoms with Crippen molar-refractivity contribution in [3.8, 4) is 0 Å². The molecule has 0 radical (unpaired) electrons. The number of carbonyl (C=O) groups is 2. The summed E-state index contributed by atoms with van der Waals surface area (Å²) in [4.78, 5) is 24.1. The lowest BCUT2D eigenvalue weighted by molar-refractivity contribution is -0.127. The van der Waals surface area contributed by atoms with E-state index in [0.29, 0.717) is 6.42 Å². The van der Waals surface area contributed by atoms with Gasteiger partial charge in [-0.1, -0.05) is 67.6 Å². The van der Waals surface area contributed by atoms with Gasteiger partial charge in [0.25, 0.3) is 0 Å². The second-order valence-corrected chi connectivity index (χ2v) is 5.13. The van der Waals surface area contributed by atoms with Gasteiger partial charge in [-0.3, -0.25) is 9.59 Å². The van der Waals surface area contributed by atoms with E-state index in [1.54, 1.807) is 0 Å². The normalized spacial score (nSPS) is 11.9. The van der Waals surface area contributed by atoms with Crippen LogP contribution >= 0.6 is 0 Å². The van der Waals surface area contributed by atoms with Crippen LogP contribution in [0.15, 0.2) is 60.7 Å². The molecule has 2 aromatic rings. The fraction of sp³-hybridized carbons (Fsp3) is 0.222. The zero-order valence-electron chi connectivity index (χ0n) is 12.5. The fourth-order valence-electron chi connectivity index (χ4n) is 2.42. The van der Waals surface area contributed by atoms with Gasteiger partial charge in [0.05, 0.1) is 5.92 Å². The van der Waals surface area contributed by atoms with E-state index in [9.17, 15) is 9.59 Å². The average molecular weight is 296 g/mol. The molecular formula is C18H20N2O2. The van der Waals surface area contributed by atoms with Gasteiger partial charge in [-0.2, -0.15) is 0 Å². The van der Waals surface area contributed by atoms with Gasteiger partial charge in [0.15, 0.2) is 0 Å². The summed E-state index contributed by atoms with van der Waals surface area (Å²) in [7, 11) is 0. The summed E-state index contributed by atoms with van der Waals surface area (Å²) in [5.74, 6) is -1.20. The van der Waals surface area contributed by atoms with E-state index in [2.05, 4.69) is 5.32 Å². The Bertz CT molecular complexity index is 587. The number of carbonyl (C=O) groups excluding carboxylic acids is 2. The summed E-state index contributed by atoms with van der Waals surface area (Å²) in [5, 5.41) is 2.75. The van der Waals surface area contributed by atoms with Crippen molar-refractivity contribution in [2.24, 2.45) is 5.73 Å². The van der Waals surface area contributed by atoms with Crippen LogP contribution < -0.4 is 11.1 Å². The Balaban J connectivity index is 2.33. The molecule has 4 heteroatoms. The topological polar surface area (TPSA) is 72.2 Å². The van der Waals surface area contributed by atoms with Gasteiger partial charge in [0.2, 0.25) is 11.8 Å². The van der Waals surface area contributed by atoms with E-state index in [1.807, 2.05) is 67.6 Å². The van der Waals surface area contributed by atoms with Crippen LogP contribution in [0.2, 0.25) is 0 Å². The van der Waals surface area contributed by atoms with E-state index in [4.69, 9.17) is 5.73 Å². The van der Waals surface area contributed by atoms with Gasteiger partial charge >= 0.3 is 0 Å². The van der Waals surface area contributed by atoms with Crippen LogP contribution in [-0.4, -0.2) is 17.9 Å². The minimum absolute atomic E-state index is 0.219. The molecule has 0 saturated heterocycles. The number of rotatable bonds is 6. The lowest BCUT2D eigenvalue weighted by atomic mass is 9.90. The molecule has 0 bridgehead atoms. The summed E-state index contributed by atoms with van der Waals surface area (Å²) >= 11 is 0. The minimum Gasteiger partial charge on any atom is -0.368 e. The zero-order valence-corrected chi connectivity index (χ0v) is 12.5. The number of primary amides is 1. The van der Waals surface area contributed by atoms with Crippen molar-refractivity contribution < 1.29 is 9.59 Å². The van der Waals surface area contributed by atoms with E-state index < -0.39 is 17.9 Å². The first kappa shape index (κ1) is 15.8. The third-order valence-corrected chi connectivity index (χ3v) is 3.60. The van der Waals surface area contributed by atoms with Gasteiger partial charge in [-0.25, -0.2) is 0 Å². The Morgan fingerprint density at radius 1 is 0.955 bits per heavy atom. The molecule has 0 spiro atoms. The predicted molar refractivity (Wildman–Crippen MR) is 86.1 cm³/mol.